The van der Waals surface area contributed by atoms with Crippen LogP contribution in [0.1, 0.15) is 39.5 Å². The molecular weight excluding hydrogens is 236 g/mol. The predicted octanol–water partition coefficient (Wildman–Crippen LogP) is 3.36. The number of benzene rings is 1. The third-order valence-electron chi connectivity index (χ3n) is 2.54. The topological polar surface area (TPSA) is 43.4 Å². The van der Waals surface area contributed by atoms with Gasteiger partial charge in [-0.2, -0.15) is 8.42 Å². The largest absolute Gasteiger partial charge is 0.297 e. The molecule has 1 aromatic rings. The van der Waals surface area contributed by atoms with Gasteiger partial charge in [-0.15, -0.1) is 0 Å². The van der Waals surface area contributed by atoms with Gasteiger partial charge in [0.15, 0.2) is 0 Å². The molecular formula is C13H20O3S. The molecule has 3 nitrogen and oxygen atoms in total. The van der Waals surface area contributed by atoms with Crippen molar-refractivity contribution in [2.75, 3.05) is 0 Å². The highest BCUT2D eigenvalue weighted by Gasteiger charge is 2.18. The normalized spacial score (nSPS) is 13.5. The maximum atomic E-state index is 11.9. The summed E-state index contributed by atoms with van der Waals surface area (Å²) in [7, 11) is -3.60. The lowest BCUT2D eigenvalue weighted by atomic mass is 10.1. The zero-order chi connectivity index (χ0) is 12.7. The molecule has 0 aliphatic rings. The van der Waals surface area contributed by atoms with Crippen molar-refractivity contribution in [1.29, 1.82) is 0 Å². The first-order chi connectivity index (χ1) is 8.06. The van der Waals surface area contributed by atoms with Gasteiger partial charge >= 0.3 is 0 Å². The molecule has 0 saturated carbocycles. The molecule has 1 rings (SSSR count). The van der Waals surface area contributed by atoms with E-state index in [1.54, 1.807) is 37.3 Å². The molecule has 17 heavy (non-hydrogen) atoms. The smallest absolute Gasteiger partial charge is 0.263 e. The Kier molecular flexibility index (Phi) is 5.65. The van der Waals surface area contributed by atoms with E-state index in [1.165, 1.54) is 0 Å². The average molecular weight is 256 g/mol. The second-order valence-corrected chi connectivity index (χ2v) is 5.74. The molecule has 0 aliphatic carbocycles. The Morgan fingerprint density at radius 3 is 2.41 bits per heavy atom. The number of unbranched alkanes of at least 4 members (excludes halogenated alkanes) is 2. The fourth-order valence-corrected chi connectivity index (χ4v) is 2.72. The van der Waals surface area contributed by atoms with Crippen LogP contribution in [0.25, 0.3) is 0 Å². The Labute approximate surface area is 104 Å². The third-order valence-corrected chi connectivity index (χ3v) is 3.97. The van der Waals surface area contributed by atoms with Crippen LogP contribution in [0, 0.1) is 0 Å². The van der Waals surface area contributed by atoms with Crippen molar-refractivity contribution in [2.24, 2.45) is 0 Å². The first-order valence-electron chi connectivity index (χ1n) is 6.04. The van der Waals surface area contributed by atoms with Crippen LogP contribution in [-0.2, 0) is 14.3 Å². The van der Waals surface area contributed by atoms with Gasteiger partial charge in [0.1, 0.15) is 0 Å². The fourth-order valence-electron chi connectivity index (χ4n) is 1.59. The van der Waals surface area contributed by atoms with E-state index >= 15 is 0 Å². The lowest BCUT2D eigenvalue weighted by Gasteiger charge is -2.12. The van der Waals surface area contributed by atoms with Crippen LogP contribution in [0.2, 0.25) is 0 Å². The van der Waals surface area contributed by atoms with Crippen LogP contribution in [0.15, 0.2) is 35.2 Å². The predicted molar refractivity (Wildman–Crippen MR) is 68.3 cm³/mol. The van der Waals surface area contributed by atoms with Gasteiger partial charge in [-0.3, -0.25) is 4.18 Å². The minimum absolute atomic E-state index is 0.224. The molecule has 0 heterocycles. The van der Waals surface area contributed by atoms with E-state index in [0.717, 1.165) is 25.7 Å². The monoisotopic (exact) mass is 256 g/mol. The van der Waals surface area contributed by atoms with Crippen LogP contribution in [0.5, 0.6) is 0 Å². The first-order valence-corrected chi connectivity index (χ1v) is 7.45. The molecule has 1 atom stereocenters. The Balaban J connectivity index is 2.55. The van der Waals surface area contributed by atoms with E-state index in [-0.39, 0.29) is 11.0 Å². The summed E-state index contributed by atoms with van der Waals surface area (Å²) < 4.78 is 28.8. The van der Waals surface area contributed by atoms with Gasteiger partial charge in [0.25, 0.3) is 10.1 Å². The van der Waals surface area contributed by atoms with E-state index in [0.29, 0.717) is 0 Å². The van der Waals surface area contributed by atoms with Crippen molar-refractivity contribution in [3.8, 4) is 0 Å². The maximum Gasteiger partial charge on any atom is 0.297 e. The van der Waals surface area contributed by atoms with Gasteiger partial charge in [0.05, 0.1) is 11.0 Å². The maximum absolute atomic E-state index is 11.9. The summed E-state index contributed by atoms with van der Waals surface area (Å²) in [5.41, 5.74) is 0. The molecule has 0 aromatic heterocycles. The molecule has 0 radical (unpaired) electrons. The van der Waals surface area contributed by atoms with Gasteiger partial charge in [0, 0.05) is 0 Å². The lowest BCUT2D eigenvalue weighted by Crippen LogP contribution is -2.15. The summed E-state index contributed by atoms with van der Waals surface area (Å²) in [5.74, 6) is 0. The summed E-state index contributed by atoms with van der Waals surface area (Å²) >= 11 is 0. The van der Waals surface area contributed by atoms with Crippen LogP contribution < -0.4 is 0 Å². The molecule has 0 fully saturated rings. The quantitative estimate of drug-likeness (QED) is 0.555. The summed E-state index contributed by atoms with van der Waals surface area (Å²) in [4.78, 5) is 0.224. The summed E-state index contributed by atoms with van der Waals surface area (Å²) in [6.45, 7) is 3.92. The molecule has 0 spiro atoms. The SMILES string of the molecule is CCCCCC(C)OS(=O)(=O)c1ccccc1. The molecule has 0 saturated heterocycles. The van der Waals surface area contributed by atoms with Gasteiger partial charge in [0.2, 0.25) is 0 Å². The summed E-state index contributed by atoms with van der Waals surface area (Å²) in [5, 5.41) is 0. The van der Waals surface area contributed by atoms with Gasteiger partial charge < -0.3 is 0 Å². The van der Waals surface area contributed by atoms with Crippen molar-refractivity contribution < 1.29 is 12.6 Å². The van der Waals surface area contributed by atoms with Crippen molar-refractivity contribution in [3.63, 3.8) is 0 Å². The third kappa shape index (κ3) is 4.88. The van der Waals surface area contributed by atoms with Crippen molar-refractivity contribution in [2.45, 2.75) is 50.5 Å². The standard InChI is InChI=1S/C13H20O3S/c1-3-4-6-9-12(2)16-17(14,15)13-10-7-5-8-11-13/h5,7-8,10-12H,3-4,6,9H2,1-2H3. The molecule has 0 N–H and O–H groups in total. The van der Waals surface area contributed by atoms with Crippen LogP contribution in [0.3, 0.4) is 0 Å². The van der Waals surface area contributed by atoms with Crippen molar-refractivity contribution in [1.82, 2.24) is 0 Å². The highest BCUT2D eigenvalue weighted by atomic mass is 32.2. The van der Waals surface area contributed by atoms with E-state index in [4.69, 9.17) is 4.18 Å². The van der Waals surface area contributed by atoms with E-state index in [2.05, 4.69) is 6.92 Å². The van der Waals surface area contributed by atoms with Gasteiger partial charge in [-0.05, 0) is 25.5 Å². The Hall–Kier alpha value is -0.870. The second-order valence-electron chi connectivity index (χ2n) is 4.17. The van der Waals surface area contributed by atoms with Gasteiger partial charge in [-0.1, -0.05) is 44.4 Å². The highest BCUT2D eigenvalue weighted by Crippen LogP contribution is 2.16. The number of hydrogen-bond donors (Lipinski definition) is 0. The molecule has 1 aromatic carbocycles. The van der Waals surface area contributed by atoms with Crippen LogP contribution in [0.4, 0.5) is 0 Å². The van der Waals surface area contributed by atoms with E-state index < -0.39 is 10.1 Å². The van der Waals surface area contributed by atoms with Gasteiger partial charge in [-0.25, -0.2) is 0 Å². The molecule has 0 aliphatic heterocycles. The first kappa shape index (κ1) is 14.2. The minimum atomic E-state index is -3.60. The van der Waals surface area contributed by atoms with Crippen molar-refractivity contribution in [3.05, 3.63) is 30.3 Å². The summed E-state index contributed by atoms with van der Waals surface area (Å²) in [6, 6.07) is 8.27. The van der Waals surface area contributed by atoms with Crippen LogP contribution >= 0.6 is 0 Å². The highest BCUT2D eigenvalue weighted by molar-refractivity contribution is 7.86. The van der Waals surface area contributed by atoms with Crippen molar-refractivity contribution >= 4 is 10.1 Å². The van der Waals surface area contributed by atoms with E-state index in [1.807, 2.05) is 0 Å². The second kappa shape index (κ2) is 6.77. The fraction of sp³-hybridized carbons (Fsp3) is 0.538. The number of rotatable bonds is 7. The molecule has 0 amide bonds. The Bertz CT molecular complexity index is 412. The lowest BCUT2D eigenvalue weighted by molar-refractivity contribution is 0.214. The van der Waals surface area contributed by atoms with Crippen LogP contribution in [-0.4, -0.2) is 14.5 Å². The zero-order valence-corrected chi connectivity index (χ0v) is 11.2. The minimum Gasteiger partial charge on any atom is -0.263 e. The number of hydrogen-bond acceptors (Lipinski definition) is 3. The zero-order valence-electron chi connectivity index (χ0n) is 10.4. The average Bonchev–Trinajstić information content (AvgIpc) is 2.30. The molecule has 4 heteroatoms. The molecule has 96 valence electrons. The molecule has 1 unspecified atom stereocenters. The Morgan fingerprint density at radius 2 is 1.82 bits per heavy atom. The summed E-state index contributed by atoms with van der Waals surface area (Å²) in [6.07, 6.45) is 3.76. The Morgan fingerprint density at radius 1 is 1.18 bits per heavy atom. The molecule has 0 bridgehead atoms. The van der Waals surface area contributed by atoms with E-state index in [9.17, 15) is 8.42 Å².